The van der Waals surface area contributed by atoms with Crippen molar-refractivity contribution in [1.29, 1.82) is 5.26 Å². The fourth-order valence-electron chi connectivity index (χ4n) is 1.77. The molecule has 0 spiro atoms. The van der Waals surface area contributed by atoms with Crippen LogP contribution >= 0.6 is 12.4 Å². The second kappa shape index (κ2) is 5.69. The number of anilines is 1. The molecule has 1 aliphatic heterocycles. The standard InChI is InChI=1S/C11H12FN3.ClH/c12-10-2-1-9(8-13)11(7-10)15-5-3-14-4-6-15;/h1-2,7,14H,3-6H2;1H. The van der Waals surface area contributed by atoms with E-state index in [1.807, 2.05) is 4.90 Å². The van der Waals surface area contributed by atoms with E-state index in [0.29, 0.717) is 11.3 Å². The van der Waals surface area contributed by atoms with Gasteiger partial charge in [-0.25, -0.2) is 4.39 Å². The summed E-state index contributed by atoms with van der Waals surface area (Å²) in [4.78, 5) is 2.04. The van der Waals surface area contributed by atoms with Gasteiger partial charge in [-0.15, -0.1) is 12.4 Å². The molecule has 1 heterocycles. The van der Waals surface area contributed by atoms with Gasteiger partial charge in [-0.2, -0.15) is 5.26 Å². The molecule has 1 fully saturated rings. The Morgan fingerprint density at radius 2 is 2.00 bits per heavy atom. The highest BCUT2D eigenvalue weighted by Crippen LogP contribution is 2.21. The summed E-state index contributed by atoms with van der Waals surface area (Å²) in [5.41, 5.74) is 1.25. The molecule has 16 heavy (non-hydrogen) atoms. The van der Waals surface area contributed by atoms with Crippen LogP contribution in [0.1, 0.15) is 5.56 Å². The zero-order valence-corrected chi connectivity index (χ0v) is 9.56. The van der Waals surface area contributed by atoms with Gasteiger partial charge in [-0.3, -0.25) is 0 Å². The lowest BCUT2D eigenvalue weighted by atomic mass is 10.1. The van der Waals surface area contributed by atoms with E-state index in [2.05, 4.69) is 11.4 Å². The molecule has 0 aliphatic carbocycles. The molecule has 1 aromatic carbocycles. The van der Waals surface area contributed by atoms with Crippen LogP contribution in [-0.2, 0) is 0 Å². The molecule has 5 heteroatoms. The molecular formula is C11H13ClFN3. The molecule has 1 N–H and O–H groups in total. The minimum atomic E-state index is -0.289. The molecule has 2 rings (SSSR count). The van der Waals surface area contributed by atoms with Crippen molar-refractivity contribution in [3.05, 3.63) is 29.6 Å². The molecule has 0 saturated carbocycles. The summed E-state index contributed by atoms with van der Waals surface area (Å²) in [7, 11) is 0. The molecule has 1 aliphatic rings. The Labute approximate surface area is 100 Å². The zero-order valence-electron chi connectivity index (χ0n) is 8.74. The smallest absolute Gasteiger partial charge is 0.125 e. The molecule has 1 saturated heterocycles. The van der Waals surface area contributed by atoms with Crippen molar-refractivity contribution >= 4 is 18.1 Å². The molecule has 0 atom stereocenters. The topological polar surface area (TPSA) is 39.1 Å². The maximum atomic E-state index is 13.1. The van der Waals surface area contributed by atoms with E-state index in [-0.39, 0.29) is 18.2 Å². The Bertz CT molecular complexity index is 397. The van der Waals surface area contributed by atoms with Crippen LogP contribution in [0.2, 0.25) is 0 Å². The number of rotatable bonds is 1. The maximum Gasteiger partial charge on any atom is 0.125 e. The van der Waals surface area contributed by atoms with Crippen molar-refractivity contribution in [2.75, 3.05) is 31.1 Å². The molecule has 0 unspecified atom stereocenters. The van der Waals surface area contributed by atoms with Crippen LogP contribution in [-0.4, -0.2) is 26.2 Å². The molecule has 0 bridgehead atoms. The van der Waals surface area contributed by atoms with Gasteiger partial charge in [0.1, 0.15) is 11.9 Å². The monoisotopic (exact) mass is 241 g/mol. The number of hydrogen-bond donors (Lipinski definition) is 1. The first-order chi connectivity index (χ1) is 7.31. The van der Waals surface area contributed by atoms with Gasteiger partial charge in [0.2, 0.25) is 0 Å². The van der Waals surface area contributed by atoms with Gasteiger partial charge in [0.05, 0.1) is 11.3 Å². The lowest BCUT2D eigenvalue weighted by Crippen LogP contribution is -2.43. The summed E-state index contributed by atoms with van der Waals surface area (Å²) >= 11 is 0. The van der Waals surface area contributed by atoms with Gasteiger partial charge in [-0.1, -0.05) is 0 Å². The van der Waals surface area contributed by atoms with Gasteiger partial charge in [0.25, 0.3) is 0 Å². The Balaban J connectivity index is 0.00000128. The van der Waals surface area contributed by atoms with Crippen molar-refractivity contribution in [1.82, 2.24) is 5.32 Å². The summed E-state index contributed by atoms with van der Waals surface area (Å²) in [5.74, 6) is -0.289. The fourth-order valence-corrected chi connectivity index (χ4v) is 1.77. The normalized spacial score (nSPS) is 15.1. The van der Waals surface area contributed by atoms with Crippen molar-refractivity contribution in [3.63, 3.8) is 0 Å². The SMILES string of the molecule is Cl.N#Cc1ccc(F)cc1N1CCNCC1. The van der Waals surface area contributed by atoms with Crippen LogP contribution in [0.3, 0.4) is 0 Å². The molecule has 0 amide bonds. The van der Waals surface area contributed by atoms with Crippen LogP contribution in [0, 0.1) is 17.1 Å². The lowest BCUT2D eigenvalue weighted by molar-refractivity contribution is 0.584. The highest BCUT2D eigenvalue weighted by atomic mass is 35.5. The third-order valence-corrected chi connectivity index (χ3v) is 2.54. The van der Waals surface area contributed by atoms with Gasteiger partial charge in [0, 0.05) is 26.2 Å². The van der Waals surface area contributed by atoms with Crippen LogP contribution in [0.15, 0.2) is 18.2 Å². The van der Waals surface area contributed by atoms with Crippen LogP contribution in [0.25, 0.3) is 0 Å². The first kappa shape index (κ1) is 12.8. The van der Waals surface area contributed by atoms with Gasteiger partial charge in [-0.05, 0) is 18.2 Å². The number of benzene rings is 1. The Morgan fingerprint density at radius 3 is 2.62 bits per heavy atom. The summed E-state index contributed by atoms with van der Waals surface area (Å²) in [5, 5.41) is 12.1. The molecule has 1 aromatic rings. The largest absolute Gasteiger partial charge is 0.368 e. The van der Waals surface area contributed by atoms with Crippen molar-refractivity contribution in [2.24, 2.45) is 0 Å². The predicted octanol–water partition coefficient (Wildman–Crippen LogP) is 1.53. The van der Waals surface area contributed by atoms with Crippen LogP contribution in [0.4, 0.5) is 10.1 Å². The average Bonchev–Trinajstić information content (AvgIpc) is 2.30. The number of piperazine rings is 1. The second-order valence-corrected chi connectivity index (χ2v) is 3.51. The Kier molecular flexibility index (Phi) is 4.53. The van der Waals surface area contributed by atoms with Gasteiger partial charge >= 0.3 is 0 Å². The van der Waals surface area contributed by atoms with E-state index in [4.69, 9.17) is 5.26 Å². The molecule has 0 radical (unpaired) electrons. The van der Waals surface area contributed by atoms with E-state index >= 15 is 0 Å². The lowest BCUT2D eigenvalue weighted by Gasteiger charge is -2.30. The summed E-state index contributed by atoms with van der Waals surface area (Å²) < 4.78 is 13.1. The quantitative estimate of drug-likeness (QED) is 0.811. The summed E-state index contributed by atoms with van der Waals surface area (Å²) in [6, 6.07) is 6.38. The van der Waals surface area contributed by atoms with Crippen LogP contribution in [0.5, 0.6) is 0 Å². The van der Waals surface area contributed by atoms with E-state index < -0.39 is 0 Å². The predicted molar refractivity (Wildman–Crippen MR) is 63.4 cm³/mol. The number of nitrogens with zero attached hydrogens (tertiary/aromatic N) is 2. The first-order valence-corrected chi connectivity index (χ1v) is 4.96. The third kappa shape index (κ3) is 2.63. The van der Waals surface area contributed by atoms with E-state index in [1.165, 1.54) is 18.2 Å². The summed E-state index contributed by atoms with van der Waals surface area (Å²) in [6.45, 7) is 3.39. The van der Waals surface area contributed by atoms with Gasteiger partial charge in [0.15, 0.2) is 0 Å². The highest BCUT2D eigenvalue weighted by molar-refractivity contribution is 5.85. The molecule has 0 aromatic heterocycles. The van der Waals surface area contributed by atoms with Crippen molar-refractivity contribution < 1.29 is 4.39 Å². The molecule has 3 nitrogen and oxygen atoms in total. The minimum Gasteiger partial charge on any atom is -0.368 e. The minimum absolute atomic E-state index is 0. The number of nitriles is 1. The van der Waals surface area contributed by atoms with Crippen molar-refractivity contribution in [2.45, 2.75) is 0 Å². The Morgan fingerprint density at radius 1 is 1.31 bits per heavy atom. The molecular weight excluding hydrogens is 229 g/mol. The van der Waals surface area contributed by atoms with E-state index in [1.54, 1.807) is 0 Å². The van der Waals surface area contributed by atoms with Gasteiger partial charge < -0.3 is 10.2 Å². The molecule has 86 valence electrons. The van der Waals surface area contributed by atoms with E-state index in [0.717, 1.165) is 26.2 Å². The Hall–Kier alpha value is -1.31. The third-order valence-electron chi connectivity index (χ3n) is 2.54. The zero-order chi connectivity index (χ0) is 10.7. The van der Waals surface area contributed by atoms with E-state index in [9.17, 15) is 4.39 Å². The second-order valence-electron chi connectivity index (χ2n) is 3.51. The first-order valence-electron chi connectivity index (χ1n) is 4.96. The summed E-state index contributed by atoms with van der Waals surface area (Å²) in [6.07, 6.45) is 0. The number of hydrogen-bond acceptors (Lipinski definition) is 3. The fraction of sp³-hybridized carbons (Fsp3) is 0.364. The van der Waals surface area contributed by atoms with Crippen molar-refractivity contribution in [3.8, 4) is 6.07 Å². The number of nitrogens with one attached hydrogen (secondary N) is 1. The number of halogens is 2. The van der Waals surface area contributed by atoms with Crippen LogP contribution < -0.4 is 10.2 Å². The average molecular weight is 242 g/mol. The highest BCUT2D eigenvalue weighted by Gasteiger charge is 2.14. The maximum absolute atomic E-state index is 13.1.